The molecule has 0 atom stereocenters. The first kappa shape index (κ1) is 14.3. The lowest BCUT2D eigenvalue weighted by atomic mass is 10.0. The van der Waals surface area contributed by atoms with Gasteiger partial charge in [0.25, 0.3) is 5.56 Å². The molecule has 2 aromatic rings. The van der Waals surface area contributed by atoms with Crippen LogP contribution in [0.5, 0.6) is 5.88 Å². The molecule has 6 heteroatoms. The number of pyridine rings is 2. The van der Waals surface area contributed by atoms with Crippen LogP contribution in [0.25, 0.3) is 0 Å². The first-order valence-electron chi connectivity index (χ1n) is 7.06. The second-order valence-electron chi connectivity index (χ2n) is 5.26. The maximum absolute atomic E-state index is 11.7. The van der Waals surface area contributed by atoms with E-state index in [1.54, 1.807) is 19.4 Å². The van der Waals surface area contributed by atoms with Crippen LogP contribution >= 0.6 is 0 Å². The number of aromatic nitrogens is 2. The van der Waals surface area contributed by atoms with Gasteiger partial charge in [-0.1, -0.05) is 6.07 Å². The number of H-pyrrole nitrogens is 1. The SMILES string of the molecule is COc1ncccc1CN1CCc2[nH]c(=O)c(C#N)cc2C1. The molecule has 1 aliphatic heterocycles. The molecule has 6 nitrogen and oxygen atoms in total. The zero-order chi connectivity index (χ0) is 15.5. The third-order valence-corrected chi connectivity index (χ3v) is 3.84. The molecule has 0 unspecified atom stereocenters. The number of nitriles is 1. The maximum atomic E-state index is 11.7. The van der Waals surface area contributed by atoms with E-state index in [-0.39, 0.29) is 11.1 Å². The molecular weight excluding hydrogens is 280 g/mol. The summed E-state index contributed by atoms with van der Waals surface area (Å²) < 4.78 is 5.28. The molecule has 112 valence electrons. The van der Waals surface area contributed by atoms with Gasteiger partial charge in [0.1, 0.15) is 11.6 Å². The molecule has 0 aliphatic carbocycles. The number of fused-ring (bicyclic) bond motifs is 1. The lowest BCUT2D eigenvalue weighted by Crippen LogP contribution is -2.32. The second kappa shape index (κ2) is 6.00. The smallest absolute Gasteiger partial charge is 0.266 e. The minimum Gasteiger partial charge on any atom is -0.481 e. The van der Waals surface area contributed by atoms with Crippen molar-refractivity contribution in [1.82, 2.24) is 14.9 Å². The minimum absolute atomic E-state index is 0.166. The monoisotopic (exact) mass is 296 g/mol. The van der Waals surface area contributed by atoms with Gasteiger partial charge in [0, 0.05) is 43.5 Å². The van der Waals surface area contributed by atoms with Crippen molar-refractivity contribution in [2.75, 3.05) is 13.7 Å². The van der Waals surface area contributed by atoms with Crippen LogP contribution in [0.2, 0.25) is 0 Å². The molecule has 0 spiro atoms. The summed E-state index contributed by atoms with van der Waals surface area (Å²) in [6.07, 6.45) is 2.47. The molecule has 3 rings (SSSR count). The van der Waals surface area contributed by atoms with Crippen molar-refractivity contribution in [2.24, 2.45) is 0 Å². The van der Waals surface area contributed by atoms with E-state index in [0.29, 0.717) is 12.4 Å². The fraction of sp³-hybridized carbons (Fsp3) is 0.312. The van der Waals surface area contributed by atoms with Crippen LogP contribution in [0.3, 0.4) is 0 Å². The summed E-state index contributed by atoms with van der Waals surface area (Å²) in [6.45, 7) is 2.25. The van der Waals surface area contributed by atoms with Gasteiger partial charge in [-0.05, 0) is 17.7 Å². The van der Waals surface area contributed by atoms with Crippen molar-refractivity contribution >= 4 is 0 Å². The molecule has 1 N–H and O–H groups in total. The molecule has 0 saturated heterocycles. The normalized spacial score (nSPS) is 14.2. The van der Waals surface area contributed by atoms with Crippen LogP contribution in [0.4, 0.5) is 0 Å². The maximum Gasteiger partial charge on any atom is 0.266 e. The van der Waals surface area contributed by atoms with Gasteiger partial charge in [-0.2, -0.15) is 5.26 Å². The average Bonchev–Trinajstić information content (AvgIpc) is 2.55. The van der Waals surface area contributed by atoms with E-state index >= 15 is 0 Å². The molecule has 0 fully saturated rings. The molecule has 0 bridgehead atoms. The number of aromatic amines is 1. The zero-order valence-electron chi connectivity index (χ0n) is 12.3. The summed E-state index contributed by atoms with van der Waals surface area (Å²) in [7, 11) is 1.61. The second-order valence-corrected chi connectivity index (χ2v) is 5.26. The number of nitrogens with zero attached hydrogens (tertiary/aromatic N) is 3. The van der Waals surface area contributed by atoms with Crippen LogP contribution in [-0.4, -0.2) is 28.5 Å². The average molecular weight is 296 g/mol. The summed E-state index contributed by atoms with van der Waals surface area (Å²) in [5.74, 6) is 0.632. The molecule has 3 heterocycles. The van der Waals surface area contributed by atoms with Gasteiger partial charge < -0.3 is 9.72 Å². The van der Waals surface area contributed by atoms with E-state index in [0.717, 1.165) is 36.3 Å². The predicted molar refractivity (Wildman–Crippen MR) is 80.4 cm³/mol. The highest BCUT2D eigenvalue weighted by molar-refractivity contribution is 5.34. The quantitative estimate of drug-likeness (QED) is 0.920. The highest BCUT2D eigenvalue weighted by Gasteiger charge is 2.19. The number of nitrogens with one attached hydrogen (secondary N) is 1. The Balaban J connectivity index is 1.82. The van der Waals surface area contributed by atoms with E-state index in [1.807, 2.05) is 18.2 Å². The van der Waals surface area contributed by atoms with E-state index in [4.69, 9.17) is 10.00 Å². The Labute approximate surface area is 128 Å². The number of hydrogen-bond acceptors (Lipinski definition) is 5. The Morgan fingerprint density at radius 1 is 1.55 bits per heavy atom. The van der Waals surface area contributed by atoms with Gasteiger partial charge in [-0.25, -0.2) is 4.98 Å². The van der Waals surface area contributed by atoms with Gasteiger partial charge in [-0.3, -0.25) is 9.69 Å². The third-order valence-electron chi connectivity index (χ3n) is 3.84. The van der Waals surface area contributed by atoms with Crippen LogP contribution in [-0.2, 0) is 19.5 Å². The van der Waals surface area contributed by atoms with Crippen LogP contribution < -0.4 is 10.3 Å². The lowest BCUT2D eigenvalue weighted by Gasteiger charge is -2.28. The fourth-order valence-corrected chi connectivity index (χ4v) is 2.75. The Morgan fingerprint density at radius 3 is 3.18 bits per heavy atom. The molecule has 2 aromatic heterocycles. The van der Waals surface area contributed by atoms with Crippen molar-refractivity contribution in [3.8, 4) is 11.9 Å². The number of rotatable bonds is 3. The van der Waals surface area contributed by atoms with Gasteiger partial charge in [0.15, 0.2) is 0 Å². The molecular formula is C16H16N4O2. The van der Waals surface area contributed by atoms with Gasteiger partial charge in [-0.15, -0.1) is 0 Å². The molecule has 1 aliphatic rings. The van der Waals surface area contributed by atoms with Crippen LogP contribution in [0.1, 0.15) is 22.4 Å². The number of methoxy groups -OCH3 is 1. The van der Waals surface area contributed by atoms with Crippen molar-refractivity contribution < 1.29 is 4.74 Å². The molecule has 0 aromatic carbocycles. The summed E-state index contributed by atoms with van der Waals surface area (Å²) in [5, 5.41) is 8.98. The van der Waals surface area contributed by atoms with E-state index < -0.39 is 0 Å². The summed E-state index contributed by atoms with van der Waals surface area (Å²) in [4.78, 5) is 20.9. The minimum atomic E-state index is -0.302. The molecule has 0 amide bonds. The van der Waals surface area contributed by atoms with Gasteiger partial charge in [0.05, 0.1) is 7.11 Å². The van der Waals surface area contributed by atoms with E-state index in [2.05, 4.69) is 14.9 Å². The van der Waals surface area contributed by atoms with E-state index in [1.165, 1.54) is 0 Å². The topological polar surface area (TPSA) is 82.0 Å². The molecule has 0 radical (unpaired) electrons. The highest BCUT2D eigenvalue weighted by atomic mass is 16.5. The van der Waals surface area contributed by atoms with Crippen LogP contribution in [0.15, 0.2) is 29.2 Å². The summed E-state index contributed by atoms with van der Waals surface area (Å²) in [6, 6.07) is 7.52. The first-order valence-corrected chi connectivity index (χ1v) is 7.06. The van der Waals surface area contributed by atoms with Crippen molar-refractivity contribution in [3.05, 3.63) is 57.1 Å². The largest absolute Gasteiger partial charge is 0.481 e. The Kier molecular flexibility index (Phi) is 3.90. The van der Waals surface area contributed by atoms with Crippen molar-refractivity contribution in [2.45, 2.75) is 19.5 Å². The van der Waals surface area contributed by atoms with Crippen molar-refractivity contribution in [3.63, 3.8) is 0 Å². The number of hydrogen-bond donors (Lipinski definition) is 1. The summed E-state index contributed by atoms with van der Waals surface area (Å²) in [5.41, 5.74) is 2.82. The first-order chi connectivity index (χ1) is 10.7. The lowest BCUT2D eigenvalue weighted by molar-refractivity contribution is 0.238. The Hall–Kier alpha value is -2.65. The standard InChI is InChI=1S/C16H16N4O2/c1-22-16-11(3-2-5-18-16)9-20-6-4-14-13(10-20)7-12(8-17)15(21)19-14/h2-3,5,7H,4,6,9-10H2,1H3,(H,19,21). The molecule has 22 heavy (non-hydrogen) atoms. The molecule has 0 saturated carbocycles. The van der Waals surface area contributed by atoms with Crippen LogP contribution in [0, 0.1) is 11.3 Å². The fourth-order valence-electron chi connectivity index (χ4n) is 2.75. The Bertz CT molecular complexity index is 791. The number of ether oxygens (including phenoxy) is 1. The predicted octanol–water partition coefficient (Wildman–Crippen LogP) is 1.21. The zero-order valence-corrected chi connectivity index (χ0v) is 12.3. The van der Waals surface area contributed by atoms with Gasteiger partial charge in [0.2, 0.25) is 5.88 Å². The van der Waals surface area contributed by atoms with Crippen molar-refractivity contribution in [1.29, 1.82) is 5.26 Å². The Morgan fingerprint density at radius 2 is 2.41 bits per heavy atom. The highest BCUT2D eigenvalue weighted by Crippen LogP contribution is 2.21. The summed E-state index contributed by atoms with van der Waals surface area (Å²) >= 11 is 0. The van der Waals surface area contributed by atoms with E-state index in [9.17, 15) is 4.79 Å². The van der Waals surface area contributed by atoms with Gasteiger partial charge >= 0.3 is 0 Å². The third kappa shape index (κ3) is 2.71.